The third-order valence-corrected chi connectivity index (χ3v) is 0.577. The molecule has 0 aromatic heterocycles. The maximum absolute atomic E-state index is 7.50. The molecule has 0 N–H and O–H groups in total. The van der Waals surface area contributed by atoms with Crippen LogP contribution in [0.25, 0.3) is 0 Å². The minimum atomic E-state index is 0. The summed E-state index contributed by atoms with van der Waals surface area (Å²) in [4.78, 5) is 0. The molecule has 0 rings (SSSR count). The van der Waals surface area contributed by atoms with Crippen LogP contribution >= 0.6 is 0 Å². The second-order valence-corrected chi connectivity index (χ2v) is 1.11. The molecule has 0 aliphatic carbocycles. The molecule has 0 saturated carbocycles. The fourth-order valence-corrected chi connectivity index (χ4v) is 0.289. The first-order chi connectivity index (χ1) is 5.41. The van der Waals surface area contributed by atoms with Gasteiger partial charge in [-0.2, -0.15) is 12.8 Å². The fourth-order valence-electron chi connectivity index (χ4n) is 0.289. The van der Waals surface area contributed by atoms with Crippen LogP contribution in [0.2, 0.25) is 0 Å². The van der Waals surface area contributed by atoms with Crippen LogP contribution in [0.3, 0.4) is 0 Å². The Labute approximate surface area is 116 Å². The average molecular weight is 303 g/mol. The quantitative estimate of drug-likeness (QED) is 0.552. The molecule has 0 spiro atoms. The van der Waals surface area contributed by atoms with Gasteiger partial charge in [0.1, 0.15) is 0 Å². The smallest absolute Gasteiger partial charge is 0 e. The van der Waals surface area contributed by atoms with E-state index in [9.17, 15) is 0 Å². The number of hydrogen-bond donors (Lipinski definition) is 0. The van der Waals surface area contributed by atoms with E-state index >= 15 is 0 Å². The second kappa shape index (κ2) is 122. The topological polar surface area (TPSA) is 59.7 Å². The van der Waals surface area contributed by atoms with Crippen molar-refractivity contribution in [3.05, 3.63) is 26.4 Å². The Morgan fingerprint density at radius 3 is 1.00 bits per heavy atom. The number of hydrogen-bond acceptors (Lipinski definition) is 0. The zero-order valence-corrected chi connectivity index (χ0v) is 11.5. The van der Waals surface area contributed by atoms with E-state index in [0.717, 1.165) is 0 Å². The molecule has 0 aliphatic rings. The number of unbranched alkanes of at least 4 members (excludes halogenated alkanes) is 2. The summed E-state index contributed by atoms with van der Waals surface area (Å²) in [5.41, 5.74) is 0. The van der Waals surface area contributed by atoms with Crippen molar-refractivity contribution in [1.29, 1.82) is 0 Å². The Morgan fingerprint density at radius 2 is 1.00 bits per heavy atom. The molecule has 0 heterocycles. The normalized spacial score (nSPS) is 3.69. The molecule has 0 bridgehead atoms. The molecule has 0 fully saturated rings. The molecule has 0 aromatic rings. The maximum atomic E-state index is 7.50. The van der Waals surface area contributed by atoms with Crippen LogP contribution < -0.4 is 0 Å². The standard InChI is InChI=1S/C5H11.3CO.Co.Y/c1-3-5-4-2;3*1-2;;/h5H,3-4H2,1-2H3;;;;;/q-1;;;;;. The van der Waals surface area contributed by atoms with E-state index in [1.807, 2.05) is 0 Å². The summed E-state index contributed by atoms with van der Waals surface area (Å²) in [5.74, 6) is 0. The molecule has 0 unspecified atom stereocenters. The van der Waals surface area contributed by atoms with Crippen LogP contribution in [0.15, 0.2) is 0 Å². The molecule has 5 heteroatoms. The molecule has 74 valence electrons. The minimum Gasteiger partial charge on any atom is 0 e. The molecule has 0 atom stereocenters. The fraction of sp³-hybridized carbons (Fsp3) is 0.500. The summed E-state index contributed by atoms with van der Waals surface area (Å²) in [7, 11) is 0. The van der Waals surface area contributed by atoms with Gasteiger partial charge in [0.05, 0.1) is 0 Å². The van der Waals surface area contributed by atoms with Gasteiger partial charge < -0.3 is 6.42 Å². The van der Waals surface area contributed by atoms with Gasteiger partial charge in [0.2, 0.25) is 0 Å². The van der Waals surface area contributed by atoms with Crippen LogP contribution in [-0.4, -0.2) is 0 Å². The Kier molecular flexibility index (Phi) is 350. The first kappa shape index (κ1) is 37.1. The van der Waals surface area contributed by atoms with E-state index in [1.54, 1.807) is 0 Å². The van der Waals surface area contributed by atoms with E-state index in [-0.39, 0.29) is 49.5 Å². The van der Waals surface area contributed by atoms with Crippen molar-refractivity contribution >= 4 is 0 Å². The molecule has 3 nitrogen and oxygen atoms in total. The maximum Gasteiger partial charge on any atom is 0 e. The van der Waals surface area contributed by atoms with Crippen molar-refractivity contribution in [3.8, 4) is 0 Å². The summed E-state index contributed by atoms with van der Waals surface area (Å²) in [6.07, 6.45) is 4.69. The molecule has 13 heavy (non-hydrogen) atoms. The minimum absolute atomic E-state index is 0. The first-order valence-electron chi connectivity index (χ1n) is 2.84. The van der Waals surface area contributed by atoms with Crippen LogP contribution in [0.5, 0.6) is 0 Å². The SMILES string of the molecule is CC[CH-]CC.[C-]#[O+].[C-]#[O+].[C-]#[O+].[Co].[Y]. The summed E-state index contributed by atoms with van der Waals surface area (Å²) in [6, 6.07) is 0. The Bertz CT molecular complexity index is 74.9. The number of rotatable bonds is 2. The monoisotopic (exact) mass is 303 g/mol. The van der Waals surface area contributed by atoms with Crippen molar-refractivity contribution in [2.24, 2.45) is 0 Å². The Balaban J connectivity index is -0.0000000135. The van der Waals surface area contributed by atoms with Gasteiger partial charge >= 0.3 is 33.9 Å². The van der Waals surface area contributed by atoms with Crippen molar-refractivity contribution in [1.82, 2.24) is 0 Å². The first-order valence-corrected chi connectivity index (χ1v) is 2.84. The van der Waals surface area contributed by atoms with Gasteiger partial charge in [-0.3, -0.25) is 0 Å². The predicted molar refractivity (Wildman–Crippen MR) is 36.7 cm³/mol. The molecular formula is C8H11CoO3Y-. The van der Waals surface area contributed by atoms with Crippen LogP contribution in [0.1, 0.15) is 26.7 Å². The summed E-state index contributed by atoms with van der Waals surface area (Å²) in [6.45, 7) is 17.8. The summed E-state index contributed by atoms with van der Waals surface area (Å²) >= 11 is 0. The van der Waals surface area contributed by atoms with Gasteiger partial charge in [-0.15, -0.1) is 0 Å². The molecule has 0 saturated heterocycles. The molecule has 0 aliphatic heterocycles. The molecule has 0 aromatic carbocycles. The van der Waals surface area contributed by atoms with E-state index < -0.39 is 0 Å². The van der Waals surface area contributed by atoms with Crippen molar-refractivity contribution in [2.45, 2.75) is 26.7 Å². The van der Waals surface area contributed by atoms with Gasteiger partial charge in [0.25, 0.3) is 0 Å². The van der Waals surface area contributed by atoms with Crippen molar-refractivity contribution in [2.75, 3.05) is 0 Å². The van der Waals surface area contributed by atoms with Gasteiger partial charge in [-0.1, -0.05) is 13.8 Å². The van der Waals surface area contributed by atoms with E-state index in [1.165, 1.54) is 12.8 Å². The van der Waals surface area contributed by atoms with E-state index in [4.69, 9.17) is 14.0 Å². The zero-order valence-electron chi connectivity index (χ0n) is 7.63. The van der Waals surface area contributed by atoms with E-state index in [2.05, 4.69) is 40.2 Å². The third-order valence-electron chi connectivity index (χ3n) is 0.577. The average Bonchev–Trinajstić information content (AvgIpc) is 2.16. The van der Waals surface area contributed by atoms with Crippen LogP contribution in [0, 0.1) is 26.4 Å². The largest absolute Gasteiger partial charge is 0 e. The van der Waals surface area contributed by atoms with Gasteiger partial charge in [0.15, 0.2) is 0 Å². The summed E-state index contributed by atoms with van der Waals surface area (Å²) < 4.78 is 22.5. The molecular weight excluding hydrogens is 292 g/mol. The van der Waals surface area contributed by atoms with Crippen molar-refractivity contribution < 1.29 is 63.4 Å². The predicted octanol–water partition coefficient (Wildman–Crippen LogP) is 1.89. The van der Waals surface area contributed by atoms with Gasteiger partial charge in [-0.05, 0) is 0 Å². The van der Waals surface area contributed by atoms with Crippen LogP contribution in [0.4, 0.5) is 0 Å². The Morgan fingerprint density at radius 1 is 0.846 bits per heavy atom. The third kappa shape index (κ3) is 188. The van der Waals surface area contributed by atoms with E-state index in [0.29, 0.717) is 0 Å². The second-order valence-electron chi connectivity index (χ2n) is 1.11. The zero-order chi connectivity index (χ0) is 10.1. The summed E-state index contributed by atoms with van der Waals surface area (Å²) in [5, 5.41) is 0. The molecule has 0 amide bonds. The van der Waals surface area contributed by atoms with Gasteiger partial charge in [-0.25, -0.2) is 0 Å². The van der Waals surface area contributed by atoms with Gasteiger partial charge in [0, 0.05) is 49.5 Å². The Hall–Kier alpha value is 0.830. The molecule has 2 radical (unpaired) electrons. The van der Waals surface area contributed by atoms with Crippen LogP contribution in [-0.2, 0) is 63.4 Å². The van der Waals surface area contributed by atoms with Crippen molar-refractivity contribution in [3.63, 3.8) is 0 Å².